The average molecular weight is 505 g/mol. The van der Waals surface area contributed by atoms with Crippen molar-refractivity contribution in [2.75, 3.05) is 6.61 Å². The molecule has 1 aromatic heterocycles. The van der Waals surface area contributed by atoms with Gasteiger partial charge in [0.15, 0.2) is 6.61 Å². The van der Waals surface area contributed by atoms with E-state index in [9.17, 15) is 4.79 Å². The van der Waals surface area contributed by atoms with E-state index in [1.165, 1.54) is 5.56 Å². The van der Waals surface area contributed by atoms with Crippen molar-refractivity contribution in [2.24, 2.45) is 0 Å². The first-order valence-electron chi connectivity index (χ1n) is 9.53. The summed E-state index contributed by atoms with van der Waals surface area (Å²) in [5, 5.41) is 4.06. The van der Waals surface area contributed by atoms with Crippen LogP contribution in [0.3, 0.4) is 0 Å². The third-order valence-electron chi connectivity index (χ3n) is 4.70. The molecule has 0 aliphatic rings. The molecule has 0 saturated carbocycles. The molecule has 7 heteroatoms. The van der Waals surface area contributed by atoms with Gasteiger partial charge >= 0.3 is 0 Å². The summed E-state index contributed by atoms with van der Waals surface area (Å²) >= 11 is 2.23. The Hall–Kier alpha value is -2.42. The molecule has 0 fully saturated rings. The molecule has 0 unspecified atom stereocenters. The molecule has 0 aliphatic carbocycles. The quantitative estimate of drug-likeness (QED) is 0.410. The lowest BCUT2D eigenvalue weighted by Gasteiger charge is -2.27. The topological polar surface area (TPSA) is 68.5 Å². The van der Waals surface area contributed by atoms with Gasteiger partial charge in [0.05, 0.1) is 0 Å². The molecular formula is C22H24IN3O3. The van der Waals surface area contributed by atoms with Crippen molar-refractivity contribution < 1.29 is 14.1 Å². The number of hydrogen-bond acceptors (Lipinski definition) is 5. The van der Waals surface area contributed by atoms with Crippen molar-refractivity contribution in [3.8, 4) is 17.1 Å². The molecule has 0 spiro atoms. The molecule has 0 aliphatic heterocycles. The molecule has 3 rings (SSSR count). The van der Waals surface area contributed by atoms with Gasteiger partial charge in [0.1, 0.15) is 12.3 Å². The zero-order valence-electron chi connectivity index (χ0n) is 16.8. The summed E-state index contributed by atoms with van der Waals surface area (Å²) in [6, 6.07) is 15.5. The fourth-order valence-electron chi connectivity index (χ4n) is 2.75. The smallest absolute Gasteiger partial charge is 0.261 e. The van der Waals surface area contributed by atoms with Crippen molar-refractivity contribution >= 4 is 28.5 Å². The van der Waals surface area contributed by atoms with E-state index in [-0.39, 0.29) is 25.1 Å². The van der Waals surface area contributed by atoms with Crippen LogP contribution < -0.4 is 4.74 Å². The number of ether oxygens (including phenoxy) is 1. The summed E-state index contributed by atoms with van der Waals surface area (Å²) in [6.45, 7) is 6.28. The lowest BCUT2D eigenvalue weighted by molar-refractivity contribution is -0.136. The first-order chi connectivity index (χ1) is 14.0. The van der Waals surface area contributed by atoms with Gasteiger partial charge in [-0.05, 0) is 67.1 Å². The molecule has 0 N–H and O–H groups in total. The maximum absolute atomic E-state index is 12.8. The van der Waals surface area contributed by atoms with Crippen LogP contribution in [0.2, 0.25) is 0 Å². The maximum atomic E-state index is 12.8. The SMILES string of the molecule is CC[C@H](C)N(Cc1nc(-c2ccc(C)cc2)no1)C(=O)COc1ccc(I)cc1. The standard InChI is InChI=1S/C22H24IN3O3/c1-4-16(3)26(21(27)14-28-19-11-9-18(23)10-12-19)13-20-24-22(25-29-20)17-7-5-15(2)6-8-17/h5-12,16H,4,13-14H2,1-3H3/t16-/m0/s1. The number of aromatic nitrogens is 2. The summed E-state index contributed by atoms with van der Waals surface area (Å²) in [5.74, 6) is 1.48. The predicted molar refractivity (Wildman–Crippen MR) is 119 cm³/mol. The number of nitrogens with zero attached hydrogens (tertiary/aromatic N) is 3. The minimum atomic E-state index is -0.118. The van der Waals surface area contributed by atoms with Crippen molar-refractivity contribution in [3.63, 3.8) is 0 Å². The molecule has 0 bridgehead atoms. The Morgan fingerprint density at radius 1 is 1.17 bits per heavy atom. The van der Waals surface area contributed by atoms with E-state index in [0.29, 0.717) is 17.5 Å². The number of halogens is 1. The second kappa shape index (κ2) is 9.87. The minimum absolute atomic E-state index is 0.0255. The lowest BCUT2D eigenvalue weighted by atomic mass is 10.1. The molecular weight excluding hydrogens is 481 g/mol. The van der Waals surface area contributed by atoms with E-state index in [4.69, 9.17) is 9.26 Å². The molecule has 1 heterocycles. The molecule has 152 valence electrons. The maximum Gasteiger partial charge on any atom is 0.261 e. The normalized spacial score (nSPS) is 11.9. The molecule has 6 nitrogen and oxygen atoms in total. The molecule has 2 aromatic carbocycles. The summed E-state index contributed by atoms with van der Waals surface area (Å²) in [4.78, 5) is 19.0. The molecule has 1 amide bonds. The highest BCUT2D eigenvalue weighted by Crippen LogP contribution is 2.19. The fourth-order valence-corrected chi connectivity index (χ4v) is 3.11. The van der Waals surface area contributed by atoms with Crippen LogP contribution in [0.25, 0.3) is 11.4 Å². The summed E-state index contributed by atoms with van der Waals surface area (Å²) in [6.07, 6.45) is 0.814. The number of aryl methyl sites for hydroxylation is 1. The van der Waals surface area contributed by atoms with Gasteiger partial charge in [-0.25, -0.2) is 0 Å². The molecule has 0 saturated heterocycles. The van der Waals surface area contributed by atoms with Crippen LogP contribution in [-0.2, 0) is 11.3 Å². The van der Waals surface area contributed by atoms with Gasteiger partial charge in [0.25, 0.3) is 5.91 Å². The summed E-state index contributed by atoms with van der Waals surface area (Å²) in [5.41, 5.74) is 2.05. The van der Waals surface area contributed by atoms with Crippen LogP contribution in [0.5, 0.6) is 5.75 Å². The number of hydrogen-bond donors (Lipinski definition) is 0. The Balaban J connectivity index is 1.68. The van der Waals surface area contributed by atoms with E-state index in [1.807, 2.05) is 69.3 Å². The van der Waals surface area contributed by atoms with Gasteiger partial charge in [-0.1, -0.05) is 41.9 Å². The minimum Gasteiger partial charge on any atom is -0.484 e. The van der Waals surface area contributed by atoms with E-state index in [0.717, 1.165) is 15.6 Å². The van der Waals surface area contributed by atoms with Gasteiger partial charge in [0, 0.05) is 15.2 Å². The Bertz CT molecular complexity index is 939. The Morgan fingerprint density at radius 3 is 2.52 bits per heavy atom. The molecule has 1 atom stereocenters. The molecule has 3 aromatic rings. The Morgan fingerprint density at radius 2 is 1.86 bits per heavy atom. The van der Waals surface area contributed by atoms with Crippen LogP contribution in [0.1, 0.15) is 31.7 Å². The first-order valence-corrected chi connectivity index (χ1v) is 10.6. The summed E-state index contributed by atoms with van der Waals surface area (Å²) < 4.78 is 12.2. The Labute approximate surface area is 184 Å². The van der Waals surface area contributed by atoms with E-state index in [1.54, 1.807) is 4.90 Å². The summed E-state index contributed by atoms with van der Waals surface area (Å²) in [7, 11) is 0. The van der Waals surface area contributed by atoms with E-state index < -0.39 is 0 Å². The van der Waals surface area contributed by atoms with E-state index >= 15 is 0 Å². The van der Waals surface area contributed by atoms with Crippen LogP contribution >= 0.6 is 22.6 Å². The van der Waals surface area contributed by atoms with Crippen LogP contribution in [0.15, 0.2) is 53.1 Å². The predicted octanol–water partition coefficient (Wildman–Crippen LogP) is 4.86. The van der Waals surface area contributed by atoms with Gasteiger partial charge in [0.2, 0.25) is 11.7 Å². The van der Waals surface area contributed by atoms with Crippen molar-refractivity contribution in [2.45, 2.75) is 39.8 Å². The zero-order chi connectivity index (χ0) is 20.8. The lowest BCUT2D eigenvalue weighted by Crippen LogP contribution is -2.40. The van der Waals surface area contributed by atoms with Crippen LogP contribution in [0, 0.1) is 10.5 Å². The third kappa shape index (κ3) is 5.79. The number of amides is 1. The Kier molecular flexibility index (Phi) is 7.24. The van der Waals surface area contributed by atoms with Gasteiger partial charge in [-0.3, -0.25) is 4.79 Å². The number of rotatable bonds is 8. The second-order valence-corrected chi connectivity index (χ2v) is 8.14. The van der Waals surface area contributed by atoms with Gasteiger partial charge in [-0.2, -0.15) is 4.98 Å². The van der Waals surface area contributed by atoms with Crippen LogP contribution in [-0.4, -0.2) is 33.6 Å². The highest BCUT2D eigenvalue weighted by atomic mass is 127. The highest BCUT2D eigenvalue weighted by molar-refractivity contribution is 14.1. The number of carbonyl (C=O) groups excluding carboxylic acids is 1. The van der Waals surface area contributed by atoms with Gasteiger partial charge in [-0.15, -0.1) is 0 Å². The van der Waals surface area contributed by atoms with Crippen molar-refractivity contribution in [3.05, 3.63) is 63.6 Å². The monoisotopic (exact) mass is 505 g/mol. The van der Waals surface area contributed by atoms with E-state index in [2.05, 4.69) is 32.7 Å². The van der Waals surface area contributed by atoms with Crippen molar-refractivity contribution in [1.29, 1.82) is 0 Å². The van der Waals surface area contributed by atoms with Crippen LogP contribution in [0.4, 0.5) is 0 Å². The number of carbonyl (C=O) groups is 1. The van der Waals surface area contributed by atoms with Crippen molar-refractivity contribution in [1.82, 2.24) is 15.0 Å². The largest absolute Gasteiger partial charge is 0.484 e. The molecule has 0 radical (unpaired) electrons. The highest BCUT2D eigenvalue weighted by Gasteiger charge is 2.23. The third-order valence-corrected chi connectivity index (χ3v) is 5.42. The molecule has 29 heavy (non-hydrogen) atoms. The number of benzene rings is 2. The fraction of sp³-hybridized carbons (Fsp3) is 0.318. The zero-order valence-corrected chi connectivity index (χ0v) is 18.9. The van der Waals surface area contributed by atoms with Gasteiger partial charge < -0.3 is 14.2 Å². The first kappa shape index (κ1) is 21.3. The average Bonchev–Trinajstić information content (AvgIpc) is 3.20. The second-order valence-electron chi connectivity index (χ2n) is 6.90.